The molecule has 2 aliphatic heterocycles. The average molecular weight is 374 g/mol. The molecular weight excluding hydrogens is 352 g/mol. The molecule has 0 radical (unpaired) electrons. The number of carbonyl (C=O) groups excluding carboxylic acids is 2. The number of ether oxygens (including phenoxy) is 3. The molecule has 3 heterocycles. The second-order valence-electron chi connectivity index (χ2n) is 7.35. The maximum absolute atomic E-state index is 12.1. The molecule has 0 unspecified atom stereocenters. The number of hydrogen-bond acceptors (Lipinski definition) is 6. The van der Waals surface area contributed by atoms with Gasteiger partial charge in [-0.15, -0.1) is 11.3 Å². The van der Waals surface area contributed by atoms with Crippen molar-refractivity contribution in [2.75, 3.05) is 6.61 Å². The summed E-state index contributed by atoms with van der Waals surface area (Å²) in [5, 5.41) is 1.86. The van der Waals surface area contributed by atoms with Crippen LogP contribution in [0.15, 0.2) is 41.3 Å². The van der Waals surface area contributed by atoms with E-state index < -0.39 is 0 Å². The summed E-state index contributed by atoms with van der Waals surface area (Å²) in [6.45, 7) is 6.26. The summed E-state index contributed by atoms with van der Waals surface area (Å²) >= 11 is 1.37. The SMILES string of the molecule is C=C1C(=O)O[C@@H]2[C@H]3O[C@]3(C)CC/C=C(/COC(=O)c3cccs3)CC[C@@H]12. The lowest BCUT2D eigenvalue weighted by atomic mass is 9.84. The molecule has 138 valence electrons. The van der Waals surface area contributed by atoms with E-state index in [1.807, 2.05) is 11.4 Å². The maximum Gasteiger partial charge on any atom is 0.348 e. The summed E-state index contributed by atoms with van der Waals surface area (Å²) in [7, 11) is 0. The van der Waals surface area contributed by atoms with E-state index in [4.69, 9.17) is 14.2 Å². The van der Waals surface area contributed by atoms with E-state index in [9.17, 15) is 9.59 Å². The molecule has 1 aromatic heterocycles. The smallest absolute Gasteiger partial charge is 0.348 e. The van der Waals surface area contributed by atoms with Crippen molar-refractivity contribution in [3.05, 3.63) is 46.2 Å². The molecule has 0 bridgehead atoms. The van der Waals surface area contributed by atoms with Crippen molar-refractivity contribution in [2.45, 2.75) is 50.4 Å². The first kappa shape index (κ1) is 17.5. The van der Waals surface area contributed by atoms with Crippen LogP contribution in [0.5, 0.6) is 0 Å². The highest BCUT2D eigenvalue weighted by atomic mass is 32.1. The number of rotatable bonds is 3. The van der Waals surface area contributed by atoms with Gasteiger partial charge in [0.1, 0.15) is 23.7 Å². The zero-order chi connectivity index (χ0) is 18.3. The molecule has 4 atom stereocenters. The molecule has 1 aliphatic carbocycles. The highest BCUT2D eigenvalue weighted by Gasteiger charge is 2.61. The maximum atomic E-state index is 12.1. The Labute approximate surface area is 156 Å². The first-order chi connectivity index (χ1) is 12.5. The summed E-state index contributed by atoms with van der Waals surface area (Å²) in [5.74, 6) is -0.646. The Balaban J connectivity index is 1.45. The first-order valence-corrected chi connectivity index (χ1v) is 9.82. The molecule has 3 aliphatic rings. The molecule has 0 aromatic carbocycles. The van der Waals surface area contributed by atoms with Gasteiger partial charge in [0, 0.05) is 11.5 Å². The van der Waals surface area contributed by atoms with Gasteiger partial charge in [-0.05, 0) is 49.6 Å². The van der Waals surface area contributed by atoms with Gasteiger partial charge in [0.15, 0.2) is 0 Å². The average Bonchev–Trinajstić information content (AvgIpc) is 2.98. The van der Waals surface area contributed by atoms with E-state index in [1.54, 1.807) is 6.07 Å². The van der Waals surface area contributed by atoms with E-state index in [0.29, 0.717) is 10.5 Å². The zero-order valence-electron chi connectivity index (χ0n) is 14.7. The quantitative estimate of drug-likeness (QED) is 0.350. The minimum absolute atomic E-state index is 0.0381. The fourth-order valence-corrected chi connectivity index (χ4v) is 4.49. The third-order valence-electron chi connectivity index (χ3n) is 5.55. The summed E-state index contributed by atoms with van der Waals surface area (Å²) < 4.78 is 16.9. The number of fused-ring (bicyclic) bond motifs is 3. The predicted molar refractivity (Wildman–Crippen MR) is 96.9 cm³/mol. The van der Waals surface area contributed by atoms with Crippen LogP contribution in [0.1, 0.15) is 42.3 Å². The van der Waals surface area contributed by atoms with Gasteiger partial charge in [-0.3, -0.25) is 0 Å². The zero-order valence-corrected chi connectivity index (χ0v) is 15.6. The van der Waals surface area contributed by atoms with Crippen molar-refractivity contribution in [3.63, 3.8) is 0 Å². The van der Waals surface area contributed by atoms with Crippen molar-refractivity contribution in [2.24, 2.45) is 5.92 Å². The minimum atomic E-state index is -0.313. The number of allylic oxidation sites excluding steroid dienone is 1. The molecule has 5 nitrogen and oxygen atoms in total. The molecule has 0 spiro atoms. The van der Waals surface area contributed by atoms with Crippen molar-refractivity contribution >= 4 is 23.3 Å². The van der Waals surface area contributed by atoms with Crippen LogP contribution in [0.3, 0.4) is 0 Å². The van der Waals surface area contributed by atoms with Gasteiger partial charge >= 0.3 is 11.9 Å². The third-order valence-corrected chi connectivity index (χ3v) is 6.40. The van der Waals surface area contributed by atoms with Crippen LogP contribution in [0.25, 0.3) is 0 Å². The van der Waals surface area contributed by atoms with E-state index in [0.717, 1.165) is 31.3 Å². The number of thiophene rings is 1. The third kappa shape index (κ3) is 3.23. The number of epoxide rings is 1. The lowest BCUT2D eigenvalue weighted by Crippen LogP contribution is -2.29. The summed E-state index contributed by atoms with van der Waals surface area (Å²) in [6.07, 6.45) is 5.06. The van der Waals surface area contributed by atoms with Crippen LogP contribution in [0.2, 0.25) is 0 Å². The highest BCUT2D eigenvalue weighted by Crippen LogP contribution is 2.49. The van der Waals surface area contributed by atoms with Crippen LogP contribution < -0.4 is 0 Å². The molecule has 2 fully saturated rings. The van der Waals surface area contributed by atoms with Gasteiger partial charge in [0.2, 0.25) is 0 Å². The minimum Gasteiger partial charge on any atom is -0.457 e. The molecule has 2 saturated heterocycles. The Kier molecular flexibility index (Phi) is 4.49. The molecule has 0 N–H and O–H groups in total. The Morgan fingerprint density at radius 2 is 2.35 bits per heavy atom. The normalized spacial score (nSPS) is 35.6. The molecule has 0 saturated carbocycles. The van der Waals surface area contributed by atoms with Crippen LogP contribution >= 0.6 is 11.3 Å². The second-order valence-corrected chi connectivity index (χ2v) is 8.29. The monoisotopic (exact) mass is 374 g/mol. The fraction of sp³-hybridized carbons (Fsp3) is 0.500. The molecule has 6 heteroatoms. The van der Waals surface area contributed by atoms with Crippen LogP contribution in [-0.2, 0) is 19.0 Å². The number of hydrogen-bond donors (Lipinski definition) is 0. The lowest BCUT2D eigenvalue weighted by molar-refractivity contribution is -0.140. The molecule has 4 rings (SSSR count). The summed E-state index contributed by atoms with van der Waals surface area (Å²) in [4.78, 5) is 24.7. The summed E-state index contributed by atoms with van der Waals surface area (Å²) in [6, 6.07) is 3.59. The van der Waals surface area contributed by atoms with Gasteiger partial charge in [-0.2, -0.15) is 0 Å². The van der Waals surface area contributed by atoms with Gasteiger partial charge in [0.05, 0.1) is 5.60 Å². The van der Waals surface area contributed by atoms with Crippen LogP contribution in [0, 0.1) is 5.92 Å². The fourth-order valence-electron chi connectivity index (χ4n) is 3.88. The Morgan fingerprint density at radius 3 is 3.12 bits per heavy atom. The van der Waals surface area contributed by atoms with Gasteiger partial charge in [-0.25, -0.2) is 9.59 Å². The van der Waals surface area contributed by atoms with E-state index in [1.165, 1.54) is 11.3 Å². The van der Waals surface area contributed by atoms with E-state index >= 15 is 0 Å². The van der Waals surface area contributed by atoms with Gasteiger partial charge in [-0.1, -0.05) is 18.7 Å². The van der Waals surface area contributed by atoms with Crippen molar-refractivity contribution in [3.8, 4) is 0 Å². The topological polar surface area (TPSA) is 65.1 Å². The Bertz CT molecular complexity index is 765. The van der Waals surface area contributed by atoms with Gasteiger partial charge in [0.25, 0.3) is 0 Å². The standard InChI is InChI=1S/C20H22O5S/c1-12-14-8-7-13(11-23-19(22)15-6-4-10-26-15)5-3-9-20(2)17(25-20)16(14)24-18(12)21/h4-6,10,14,16-17H,1,3,7-9,11H2,2H3/b13-5+/t14-,16-,17+,20+/m0/s1. The largest absolute Gasteiger partial charge is 0.457 e. The van der Waals surface area contributed by atoms with E-state index in [-0.39, 0.29) is 42.3 Å². The van der Waals surface area contributed by atoms with Crippen molar-refractivity contribution < 1.29 is 23.8 Å². The molecule has 0 amide bonds. The Hall–Kier alpha value is -1.92. The highest BCUT2D eigenvalue weighted by molar-refractivity contribution is 7.11. The van der Waals surface area contributed by atoms with Gasteiger partial charge < -0.3 is 14.2 Å². The molecule has 1 aromatic rings. The second kappa shape index (κ2) is 6.67. The van der Waals surface area contributed by atoms with Crippen molar-refractivity contribution in [1.29, 1.82) is 0 Å². The molecular formula is C20H22O5S. The first-order valence-electron chi connectivity index (χ1n) is 8.94. The Morgan fingerprint density at radius 1 is 1.50 bits per heavy atom. The number of carbonyl (C=O) groups is 2. The van der Waals surface area contributed by atoms with Crippen LogP contribution in [-0.4, -0.2) is 36.4 Å². The molecule has 26 heavy (non-hydrogen) atoms. The summed E-state index contributed by atoms with van der Waals surface area (Å²) in [5.41, 5.74) is 1.35. The van der Waals surface area contributed by atoms with E-state index in [2.05, 4.69) is 19.6 Å². The lowest BCUT2D eigenvalue weighted by Gasteiger charge is -2.20. The number of esters is 2. The predicted octanol–water partition coefficient (Wildman–Crippen LogP) is 3.66. The van der Waals surface area contributed by atoms with Crippen molar-refractivity contribution in [1.82, 2.24) is 0 Å². The van der Waals surface area contributed by atoms with Crippen LogP contribution in [0.4, 0.5) is 0 Å².